The van der Waals surface area contributed by atoms with Crippen molar-refractivity contribution in [3.63, 3.8) is 0 Å². The molecule has 0 spiro atoms. The predicted molar refractivity (Wildman–Crippen MR) is 171 cm³/mol. The van der Waals surface area contributed by atoms with Crippen LogP contribution in [0.3, 0.4) is 0 Å². The topological polar surface area (TPSA) is 15.8 Å². The summed E-state index contributed by atoms with van der Waals surface area (Å²) < 4.78 is 2.73. The summed E-state index contributed by atoms with van der Waals surface area (Å²) in [5, 5.41) is 6.75. The lowest BCUT2D eigenvalue weighted by Gasteiger charge is -2.09. The summed E-state index contributed by atoms with van der Waals surface area (Å²) in [6, 6.07) is 22.9. The van der Waals surface area contributed by atoms with E-state index in [9.17, 15) is 0 Å². The maximum absolute atomic E-state index is 4.03. The molecule has 1 nitrogen and oxygen atoms in total. The molecule has 184 valence electrons. The highest BCUT2D eigenvalue weighted by Gasteiger charge is 2.26. The van der Waals surface area contributed by atoms with Crippen LogP contribution in [0.5, 0.6) is 0 Å². The molecule has 4 aromatic carbocycles. The molecule has 6 aromatic rings. The van der Waals surface area contributed by atoms with Gasteiger partial charge in [-0.3, -0.25) is 0 Å². The van der Waals surface area contributed by atoms with Gasteiger partial charge in [-0.15, -0.1) is 11.3 Å². The molecule has 2 heteroatoms. The van der Waals surface area contributed by atoms with Crippen molar-refractivity contribution in [3.8, 4) is 11.1 Å². The summed E-state index contributed by atoms with van der Waals surface area (Å²) in [6.07, 6.45) is 10.7. The molecular formula is C36H29NS. The van der Waals surface area contributed by atoms with Gasteiger partial charge in [0.15, 0.2) is 0 Å². The van der Waals surface area contributed by atoms with E-state index in [1.807, 2.05) is 37.3 Å². The third-order valence-electron chi connectivity index (χ3n) is 7.99. The molecular weight excluding hydrogens is 478 g/mol. The molecule has 0 atom stereocenters. The molecule has 0 saturated carbocycles. The van der Waals surface area contributed by atoms with E-state index in [1.54, 1.807) is 0 Å². The monoisotopic (exact) mass is 507 g/mol. The minimum absolute atomic E-state index is 1.02. The Bertz CT molecular complexity index is 2020. The van der Waals surface area contributed by atoms with Crippen molar-refractivity contribution in [3.05, 3.63) is 108 Å². The van der Waals surface area contributed by atoms with Gasteiger partial charge in [-0.2, -0.15) is 0 Å². The molecule has 2 aliphatic rings. The number of aromatic amines is 1. The van der Waals surface area contributed by atoms with Crippen LogP contribution < -0.4 is 0 Å². The van der Waals surface area contributed by atoms with Crippen LogP contribution in [0, 0.1) is 0 Å². The van der Waals surface area contributed by atoms with E-state index in [1.165, 1.54) is 69.7 Å². The number of hydrogen-bond donors (Lipinski definition) is 1. The molecule has 0 fully saturated rings. The van der Waals surface area contributed by atoms with Gasteiger partial charge >= 0.3 is 0 Å². The summed E-state index contributed by atoms with van der Waals surface area (Å²) >= 11 is 1.92. The Balaban J connectivity index is 0.00000118. The molecule has 2 heterocycles. The third-order valence-corrected chi connectivity index (χ3v) is 9.11. The van der Waals surface area contributed by atoms with Crippen LogP contribution >= 0.6 is 11.3 Å². The number of thiophene rings is 1. The minimum atomic E-state index is 1.02. The van der Waals surface area contributed by atoms with E-state index < -0.39 is 0 Å². The molecule has 38 heavy (non-hydrogen) atoms. The largest absolute Gasteiger partial charge is 0.355 e. The number of fused-ring (bicyclic) bond motifs is 7. The van der Waals surface area contributed by atoms with Crippen LogP contribution in [-0.2, 0) is 0 Å². The average molecular weight is 508 g/mol. The van der Waals surface area contributed by atoms with Crippen LogP contribution in [-0.4, -0.2) is 4.98 Å². The third kappa shape index (κ3) is 3.10. The Morgan fingerprint density at radius 3 is 2.42 bits per heavy atom. The summed E-state index contributed by atoms with van der Waals surface area (Å²) in [5.74, 6) is 0. The maximum atomic E-state index is 4.03. The number of H-pyrrole nitrogens is 1. The summed E-state index contributed by atoms with van der Waals surface area (Å²) in [7, 11) is 0. The van der Waals surface area contributed by atoms with E-state index in [4.69, 9.17) is 0 Å². The predicted octanol–water partition coefficient (Wildman–Crippen LogP) is 11.2. The van der Waals surface area contributed by atoms with Gasteiger partial charge in [0.1, 0.15) is 0 Å². The fourth-order valence-electron chi connectivity index (χ4n) is 6.38. The minimum Gasteiger partial charge on any atom is -0.355 e. The zero-order chi connectivity index (χ0) is 26.0. The lowest BCUT2D eigenvalue weighted by molar-refractivity contribution is 1.06. The molecule has 0 aliphatic heterocycles. The lowest BCUT2D eigenvalue weighted by atomic mass is 9.94. The lowest BCUT2D eigenvalue weighted by Crippen LogP contribution is -1.87. The fraction of sp³-hybridized carbons (Fsp3) is 0.111. The first kappa shape index (κ1) is 23.0. The number of nitrogens with one attached hydrogen (secondary N) is 1. The molecule has 2 aromatic heterocycles. The van der Waals surface area contributed by atoms with Crippen LogP contribution in [0.2, 0.25) is 0 Å². The summed E-state index contributed by atoms with van der Waals surface area (Å²) in [4.78, 5) is 3.45. The highest BCUT2D eigenvalue weighted by molar-refractivity contribution is 7.26. The van der Waals surface area contributed by atoms with Crippen molar-refractivity contribution in [2.24, 2.45) is 0 Å². The fourth-order valence-corrected chi connectivity index (χ4v) is 7.53. The number of benzene rings is 4. The van der Waals surface area contributed by atoms with Crippen molar-refractivity contribution >= 4 is 76.5 Å². The highest BCUT2D eigenvalue weighted by Crippen LogP contribution is 2.51. The smallest absolute Gasteiger partial charge is 0.0465 e. The van der Waals surface area contributed by atoms with Gasteiger partial charge in [0.05, 0.1) is 0 Å². The highest BCUT2D eigenvalue weighted by atomic mass is 32.1. The molecule has 0 unspecified atom stereocenters. The standard InChI is InChI=1S/C34H23NS.C2H6/c1-3-21-26-16-19(12-14-30(26)35-29(21)4-2)20-13-15-31-28(17-20)34-25-11-7-10-24-22-8-5-6-9-23(22)27(33(24)25)18-32(34)36-31;1-2/h3-5,7-8,10-18,35H,1-2,6,9H2;1-2H3. The van der Waals surface area contributed by atoms with Crippen LogP contribution in [0.1, 0.15) is 49.1 Å². The molecule has 2 aliphatic carbocycles. The molecule has 0 bridgehead atoms. The van der Waals surface area contributed by atoms with E-state index in [0.717, 1.165) is 29.6 Å². The van der Waals surface area contributed by atoms with Crippen molar-refractivity contribution in [2.45, 2.75) is 26.7 Å². The molecule has 0 radical (unpaired) electrons. The average Bonchev–Trinajstić information content (AvgIpc) is 3.63. The first-order chi connectivity index (χ1) is 18.7. The molecule has 8 rings (SSSR count). The van der Waals surface area contributed by atoms with Gasteiger partial charge in [-0.05, 0) is 93.4 Å². The van der Waals surface area contributed by atoms with Gasteiger partial charge in [0.25, 0.3) is 0 Å². The molecule has 0 saturated heterocycles. The number of hydrogen-bond acceptors (Lipinski definition) is 1. The first-order valence-corrected chi connectivity index (χ1v) is 14.3. The van der Waals surface area contributed by atoms with E-state index in [2.05, 4.69) is 91.0 Å². The normalized spacial score (nSPS) is 13.8. The second-order valence-electron chi connectivity index (χ2n) is 9.79. The summed E-state index contributed by atoms with van der Waals surface area (Å²) in [5.41, 5.74) is 11.5. The zero-order valence-corrected chi connectivity index (χ0v) is 22.6. The van der Waals surface area contributed by atoms with Gasteiger partial charge < -0.3 is 4.98 Å². The molecule has 0 amide bonds. The zero-order valence-electron chi connectivity index (χ0n) is 21.8. The van der Waals surface area contributed by atoms with Crippen LogP contribution in [0.25, 0.3) is 76.3 Å². The van der Waals surface area contributed by atoms with E-state index in [-0.39, 0.29) is 0 Å². The van der Waals surface area contributed by atoms with E-state index >= 15 is 0 Å². The van der Waals surface area contributed by atoms with Crippen molar-refractivity contribution < 1.29 is 0 Å². The van der Waals surface area contributed by atoms with Gasteiger partial charge in [0, 0.05) is 42.3 Å². The van der Waals surface area contributed by atoms with Gasteiger partial charge in [0.2, 0.25) is 0 Å². The van der Waals surface area contributed by atoms with Crippen LogP contribution in [0.4, 0.5) is 0 Å². The number of aromatic nitrogens is 1. The quantitative estimate of drug-likeness (QED) is 0.245. The SMILES string of the molecule is C=Cc1[nH]c2ccc(-c3ccc4sc5cc6c7c(cccc7c5c4c3)C3=C6CCC=C3)cc2c1C=C.CC. The molecule has 1 N–H and O–H groups in total. The number of allylic oxidation sites excluding steroid dienone is 4. The second kappa shape index (κ2) is 8.72. The first-order valence-electron chi connectivity index (χ1n) is 13.5. The Morgan fingerprint density at radius 2 is 1.61 bits per heavy atom. The van der Waals surface area contributed by atoms with Crippen molar-refractivity contribution in [2.75, 3.05) is 0 Å². The number of rotatable bonds is 3. The Labute approximate surface area is 227 Å². The van der Waals surface area contributed by atoms with Crippen LogP contribution in [0.15, 0.2) is 86.0 Å². The maximum Gasteiger partial charge on any atom is 0.0465 e. The van der Waals surface area contributed by atoms with Crippen molar-refractivity contribution in [1.29, 1.82) is 0 Å². The Hall–Kier alpha value is -4.14. The van der Waals surface area contributed by atoms with Crippen molar-refractivity contribution in [1.82, 2.24) is 4.98 Å². The second-order valence-corrected chi connectivity index (χ2v) is 10.9. The van der Waals surface area contributed by atoms with Gasteiger partial charge in [-0.25, -0.2) is 0 Å². The summed E-state index contributed by atoms with van der Waals surface area (Å²) in [6.45, 7) is 12.0. The van der Waals surface area contributed by atoms with E-state index in [0.29, 0.717) is 0 Å². The Morgan fingerprint density at radius 1 is 0.789 bits per heavy atom. The van der Waals surface area contributed by atoms with Gasteiger partial charge in [-0.1, -0.05) is 75.6 Å². The Kier molecular flexibility index (Phi) is 5.28.